The Bertz CT molecular complexity index is 406. The normalized spacial score (nSPS) is 20.2. The third-order valence-corrected chi connectivity index (χ3v) is 3.04. The fraction of sp³-hybridized carbons (Fsp3) is 0.500. The van der Waals surface area contributed by atoms with Gasteiger partial charge in [-0.1, -0.05) is 23.8 Å². The van der Waals surface area contributed by atoms with Crippen LogP contribution >= 0.6 is 0 Å². The lowest BCUT2D eigenvalue weighted by Gasteiger charge is -2.22. The van der Waals surface area contributed by atoms with E-state index < -0.39 is 0 Å². The van der Waals surface area contributed by atoms with Crippen molar-refractivity contribution in [1.29, 1.82) is 0 Å². The summed E-state index contributed by atoms with van der Waals surface area (Å²) >= 11 is 0. The third kappa shape index (κ3) is 3.14. The van der Waals surface area contributed by atoms with Gasteiger partial charge in [-0.2, -0.15) is 0 Å². The van der Waals surface area contributed by atoms with Gasteiger partial charge in [-0.15, -0.1) is 0 Å². The Morgan fingerprint density at radius 1 is 1.35 bits per heavy atom. The van der Waals surface area contributed by atoms with Crippen LogP contribution in [0, 0.1) is 13.8 Å². The van der Waals surface area contributed by atoms with E-state index in [9.17, 15) is 4.79 Å². The first-order valence-corrected chi connectivity index (χ1v) is 5.95. The summed E-state index contributed by atoms with van der Waals surface area (Å²) in [6, 6.07) is 6.18. The van der Waals surface area contributed by atoms with Crippen LogP contribution in [0.5, 0.6) is 0 Å². The molecule has 3 nitrogen and oxygen atoms in total. The number of hydrogen-bond donors (Lipinski definition) is 0. The maximum absolute atomic E-state index is 12.0. The summed E-state index contributed by atoms with van der Waals surface area (Å²) in [5.74, 6) is 0.110. The fourth-order valence-corrected chi connectivity index (χ4v) is 1.97. The van der Waals surface area contributed by atoms with Crippen molar-refractivity contribution in [3.63, 3.8) is 0 Å². The van der Waals surface area contributed by atoms with E-state index in [-0.39, 0.29) is 11.9 Å². The monoisotopic (exact) mass is 234 g/mol. The summed E-state index contributed by atoms with van der Waals surface area (Å²) in [6.07, 6.45) is 0.0466. The largest absolute Gasteiger partial charge is 0.376 e. The lowest BCUT2D eigenvalue weighted by Crippen LogP contribution is -2.36. The first-order valence-electron chi connectivity index (χ1n) is 5.95. The van der Waals surface area contributed by atoms with Crippen LogP contribution in [-0.4, -0.2) is 31.7 Å². The first-order chi connectivity index (χ1) is 8.16. The Morgan fingerprint density at radius 2 is 2.18 bits per heavy atom. The fourth-order valence-electron chi connectivity index (χ4n) is 1.97. The molecule has 2 rings (SSSR count). The summed E-state index contributed by atoms with van der Waals surface area (Å²) in [4.78, 5) is 12.0. The lowest BCUT2D eigenvalue weighted by atomic mass is 9.99. The molecular weight excluding hydrogens is 216 g/mol. The van der Waals surface area contributed by atoms with Gasteiger partial charge in [0.2, 0.25) is 0 Å². The zero-order chi connectivity index (χ0) is 12.3. The van der Waals surface area contributed by atoms with E-state index in [1.165, 1.54) is 5.56 Å². The number of carbonyl (C=O) groups is 1. The first kappa shape index (κ1) is 12.3. The number of carbonyl (C=O) groups excluding carboxylic acids is 1. The Hall–Kier alpha value is -1.19. The van der Waals surface area contributed by atoms with Gasteiger partial charge in [-0.25, -0.2) is 0 Å². The molecule has 1 aromatic carbocycles. The van der Waals surface area contributed by atoms with Gasteiger partial charge in [0.1, 0.15) is 6.10 Å². The quantitative estimate of drug-likeness (QED) is 0.800. The van der Waals surface area contributed by atoms with E-state index in [1.807, 2.05) is 13.8 Å². The molecule has 1 fully saturated rings. The number of ether oxygens (including phenoxy) is 2. The minimum atomic E-state index is -0.385. The van der Waals surface area contributed by atoms with Crippen molar-refractivity contribution < 1.29 is 14.3 Å². The molecule has 1 unspecified atom stereocenters. The predicted molar refractivity (Wildman–Crippen MR) is 65.2 cm³/mol. The van der Waals surface area contributed by atoms with E-state index in [4.69, 9.17) is 9.47 Å². The molecule has 0 aliphatic carbocycles. The highest BCUT2D eigenvalue weighted by atomic mass is 16.6. The molecule has 0 spiro atoms. The van der Waals surface area contributed by atoms with Gasteiger partial charge in [-0.05, 0) is 25.0 Å². The van der Waals surface area contributed by atoms with Crippen LogP contribution in [0.3, 0.4) is 0 Å². The molecule has 92 valence electrons. The van der Waals surface area contributed by atoms with Gasteiger partial charge in [0.25, 0.3) is 0 Å². The summed E-state index contributed by atoms with van der Waals surface area (Å²) in [5.41, 5.74) is 3.42. The molecule has 1 atom stereocenters. The molecule has 3 heteroatoms. The second kappa shape index (κ2) is 5.43. The van der Waals surface area contributed by atoms with E-state index >= 15 is 0 Å². The van der Waals surface area contributed by atoms with Crippen molar-refractivity contribution >= 4 is 5.78 Å². The molecule has 0 aromatic heterocycles. The van der Waals surface area contributed by atoms with Crippen LogP contribution in [0.2, 0.25) is 0 Å². The van der Waals surface area contributed by atoms with Crippen molar-refractivity contribution in [3.8, 4) is 0 Å². The third-order valence-electron chi connectivity index (χ3n) is 3.04. The number of Topliss-reactive ketones (excluding diaryl/α,β-unsaturated/α-hetero) is 1. The molecule has 1 aliphatic heterocycles. The van der Waals surface area contributed by atoms with E-state index in [0.717, 1.165) is 11.1 Å². The zero-order valence-corrected chi connectivity index (χ0v) is 10.4. The van der Waals surface area contributed by atoms with Crippen LogP contribution in [0.4, 0.5) is 0 Å². The summed E-state index contributed by atoms with van der Waals surface area (Å²) in [7, 11) is 0. The van der Waals surface area contributed by atoms with Crippen molar-refractivity contribution in [3.05, 3.63) is 34.9 Å². The Morgan fingerprint density at radius 3 is 2.88 bits per heavy atom. The predicted octanol–water partition coefficient (Wildman–Crippen LogP) is 1.83. The molecule has 1 saturated heterocycles. The molecule has 0 radical (unpaired) electrons. The molecule has 1 heterocycles. The van der Waals surface area contributed by atoms with Gasteiger partial charge < -0.3 is 9.47 Å². The second-order valence-corrected chi connectivity index (χ2v) is 4.51. The van der Waals surface area contributed by atoms with Gasteiger partial charge in [-0.3, -0.25) is 4.79 Å². The number of ketones is 1. The summed E-state index contributed by atoms with van der Waals surface area (Å²) in [5, 5.41) is 0. The number of rotatable bonds is 3. The minimum Gasteiger partial charge on any atom is -0.376 e. The molecule has 0 saturated carbocycles. The topological polar surface area (TPSA) is 35.5 Å². The van der Waals surface area contributed by atoms with Crippen LogP contribution in [0.15, 0.2) is 18.2 Å². The number of benzene rings is 1. The van der Waals surface area contributed by atoms with E-state index in [0.29, 0.717) is 26.2 Å². The summed E-state index contributed by atoms with van der Waals surface area (Å²) in [6.45, 7) is 5.56. The van der Waals surface area contributed by atoms with Crippen LogP contribution in [0.1, 0.15) is 16.7 Å². The van der Waals surface area contributed by atoms with Crippen LogP contribution in [-0.2, 0) is 20.7 Å². The molecular formula is C14H18O3. The highest BCUT2D eigenvalue weighted by Crippen LogP contribution is 2.14. The SMILES string of the molecule is Cc1ccc(C)c(CC(=O)C2COCCO2)c1. The molecule has 1 aromatic rings. The molecule has 17 heavy (non-hydrogen) atoms. The molecule has 0 amide bonds. The van der Waals surface area contributed by atoms with Gasteiger partial charge in [0.15, 0.2) is 5.78 Å². The zero-order valence-electron chi connectivity index (χ0n) is 10.4. The van der Waals surface area contributed by atoms with E-state index in [1.54, 1.807) is 0 Å². The van der Waals surface area contributed by atoms with Crippen LogP contribution in [0.25, 0.3) is 0 Å². The average molecular weight is 234 g/mol. The maximum Gasteiger partial charge on any atom is 0.168 e. The van der Waals surface area contributed by atoms with Crippen molar-refractivity contribution in [2.45, 2.75) is 26.4 Å². The smallest absolute Gasteiger partial charge is 0.168 e. The van der Waals surface area contributed by atoms with Crippen molar-refractivity contribution in [2.75, 3.05) is 19.8 Å². The number of aryl methyl sites for hydroxylation is 2. The maximum atomic E-state index is 12.0. The van der Waals surface area contributed by atoms with Crippen molar-refractivity contribution in [2.24, 2.45) is 0 Å². The van der Waals surface area contributed by atoms with Gasteiger partial charge in [0.05, 0.1) is 19.8 Å². The highest BCUT2D eigenvalue weighted by molar-refractivity contribution is 5.85. The van der Waals surface area contributed by atoms with E-state index in [2.05, 4.69) is 18.2 Å². The Kier molecular flexibility index (Phi) is 3.92. The molecule has 0 bridgehead atoms. The standard InChI is InChI=1S/C14H18O3/c1-10-3-4-11(2)12(7-10)8-13(15)14-9-16-5-6-17-14/h3-4,7,14H,5-6,8-9H2,1-2H3. The molecule has 0 N–H and O–H groups in total. The molecule has 1 aliphatic rings. The van der Waals surface area contributed by atoms with Gasteiger partial charge >= 0.3 is 0 Å². The second-order valence-electron chi connectivity index (χ2n) is 4.51. The van der Waals surface area contributed by atoms with Gasteiger partial charge in [0, 0.05) is 6.42 Å². The lowest BCUT2D eigenvalue weighted by molar-refractivity contribution is -0.144. The minimum absolute atomic E-state index is 0.110. The Balaban J connectivity index is 2.04. The number of hydrogen-bond acceptors (Lipinski definition) is 3. The highest BCUT2D eigenvalue weighted by Gasteiger charge is 2.22. The summed E-state index contributed by atoms with van der Waals surface area (Å²) < 4.78 is 10.7. The van der Waals surface area contributed by atoms with Crippen LogP contribution < -0.4 is 0 Å². The average Bonchev–Trinajstić information content (AvgIpc) is 2.35. The Labute approximate surface area is 102 Å². The van der Waals surface area contributed by atoms with Crippen molar-refractivity contribution in [1.82, 2.24) is 0 Å².